The molecular formula is C42H59N3O5S. The summed E-state index contributed by atoms with van der Waals surface area (Å²) < 4.78 is 13.2. The van der Waals surface area contributed by atoms with Crippen molar-refractivity contribution in [1.82, 2.24) is 10.6 Å². The van der Waals surface area contributed by atoms with Crippen molar-refractivity contribution in [2.75, 3.05) is 12.4 Å². The van der Waals surface area contributed by atoms with Gasteiger partial charge < -0.3 is 25.3 Å². The van der Waals surface area contributed by atoms with Crippen LogP contribution in [0.1, 0.15) is 136 Å². The van der Waals surface area contributed by atoms with Gasteiger partial charge in [-0.05, 0) is 95.9 Å². The van der Waals surface area contributed by atoms with Crippen LogP contribution in [0.3, 0.4) is 0 Å². The number of urea groups is 1. The fourth-order valence-electron chi connectivity index (χ4n) is 9.04. The van der Waals surface area contributed by atoms with Gasteiger partial charge in [-0.15, -0.1) is 0 Å². The van der Waals surface area contributed by atoms with Crippen LogP contribution in [0, 0.1) is 16.0 Å². The molecule has 2 saturated heterocycles. The Morgan fingerprint density at radius 2 is 1.80 bits per heavy atom. The van der Waals surface area contributed by atoms with Gasteiger partial charge in [0.25, 0.3) is 0 Å². The Balaban J connectivity index is 0.819. The highest BCUT2D eigenvalue weighted by atomic mass is 32.2. The van der Waals surface area contributed by atoms with Crippen LogP contribution in [0.4, 0.5) is 10.5 Å². The third-order valence-corrected chi connectivity index (χ3v) is 13.0. The molecule has 1 unspecified atom stereocenters. The number of ether oxygens (including phenoxy) is 2. The van der Waals surface area contributed by atoms with E-state index in [2.05, 4.69) is 88.6 Å². The van der Waals surface area contributed by atoms with Gasteiger partial charge in [0.15, 0.2) is 0 Å². The zero-order valence-corrected chi connectivity index (χ0v) is 32.5. The van der Waals surface area contributed by atoms with Crippen molar-refractivity contribution in [3.63, 3.8) is 0 Å². The Labute approximate surface area is 309 Å². The predicted molar refractivity (Wildman–Crippen MR) is 209 cm³/mol. The first-order valence-electron chi connectivity index (χ1n) is 19.3. The van der Waals surface area contributed by atoms with E-state index >= 15 is 0 Å². The fourth-order valence-corrected chi connectivity index (χ4v) is 10.7. The summed E-state index contributed by atoms with van der Waals surface area (Å²) >= 11 is 1.92. The lowest BCUT2D eigenvalue weighted by Crippen LogP contribution is -2.47. The number of carbonyl (C=O) groups excluding carboxylic acids is 2. The number of fused-ring (bicyclic) bond motifs is 6. The maximum absolute atomic E-state index is 13.7. The first-order valence-corrected chi connectivity index (χ1v) is 20.4. The molecule has 2 N–H and O–H groups in total. The lowest BCUT2D eigenvalue weighted by atomic mass is 9.65. The highest BCUT2D eigenvalue weighted by molar-refractivity contribution is 8.00. The SMILES string of the molecule is CC1(C)C=C2C(=[N+]([O-])c3c2ccc2c3C=CC(C)(C/C=C/CCCCCCCCOC(=O)CCCC[C@@H]3SC[C@]4(C)NC(=O)N[C@H]34)O2)C(C)(C)C1. The van der Waals surface area contributed by atoms with Crippen LogP contribution in [-0.2, 0) is 9.53 Å². The summed E-state index contributed by atoms with van der Waals surface area (Å²) in [6, 6.07) is 4.24. The number of carbonyl (C=O) groups is 2. The molecule has 0 radical (unpaired) electrons. The summed E-state index contributed by atoms with van der Waals surface area (Å²) in [4.78, 5) is 23.9. The van der Waals surface area contributed by atoms with Gasteiger partial charge in [0, 0.05) is 23.8 Å². The largest absolute Gasteiger partial charge is 0.618 e. The molecule has 0 bridgehead atoms. The van der Waals surface area contributed by atoms with E-state index in [1.54, 1.807) is 0 Å². The van der Waals surface area contributed by atoms with E-state index in [9.17, 15) is 14.8 Å². The van der Waals surface area contributed by atoms with Crippen molar-refractivity contribution in [1.29, 1.82) is 0 Å². The quantitative estimate of drug-likeness (QED) is 0.0441. The van der Waals surface area contributed by atoms with E-state index in [1.807, 2.05) is 17.8 Å². The summed E-state index contributed by atoms with van der Waals surface area (Å²) in [7, 11) is 0. The highest BCUT2D eigenvalue weighted by Crippen LogP contribution is 2.53. The normalized spacial score (nSPS) is 28.0. The Bertz CT molecular complexity index is 1630. The molecule has 0 spiro atoms. The van der Waals surface area contributed by atoms with Crippen LogP contribution in [0.5, 0.6) is 5.75 Å². The second kappa shape index (κ2) is 15.0. The number of hydrogen-bond donors (Lipinski definition) is 2. The van der Waals surface area contributed by atoms with Gasteiger partial charge in [-0.2, -0.15) is 16.5 Å². The fraction of sp³-hybridized carbons (Fsp3) is 0.643. The van der Waals surface area contributed by atoms with Crippen LogP contribution in [0.25, 0.3) is 11.6 Å². The smallest absolute Gasteiger partial charge is 0.315 e. The van der Waals surface area contributed by atoms with Crippen LogP contribution >= 0.6 is 11.8 Å². The van der Waals surface area contributed by atoms with Gasteiger partial charge in [-0.25, -0.2) is 4.79 Å². The summed E-state index contributed by atoms with van der Waals surface area (Å²) in [6.45, 7) is 13.6. The van der Waals surface area contributed by atoms with Crippen LogP contribution in [0.15, 0.2) is 36.4 Å². The number of hydrogen-bond acceptors (Lipinski definition) is 6. The van der Waals surface area contributed by atoms with Crippen molar-refractivity contribution < 1.29 is 23.8 Å². The van der Waals surface area contributed by atoms with Gasteiger partial charge in [0.05, 0.1) is 40.3 Å². The molecule has 8 nitrogen and oxygen atoms in total. The van der Waals surface area contributed by atoms with Crippen molar-refractivity contribution in [2.45, 2.75) is 147 Å². The molecule has 278 valence electrons. The Kier molecular flexibility index (Phi) is 11.1. The minimum Gasteiger partial charge on any atom is -0.618 e. The van der Waals surface area contributed by atoms with E-state index in [-0.39, 0.29) is 34.4 Å². The lowest BCUT2D eigenvalue weighted by Gasteiger charge is -2.36. The maximum atomic E-state index is 13.7. The molecule has 2 fully saturated rings. The molecule has 4 heterocycles. The average molecular weight is 718 g/mol. The first kappa shape index (κ1) is 37.6. The van der Waals surface area contributed by atoms with Crippen molar-refractivity contribution in [3.8, 4) is 5.75 Å². The maximum Gasteiger partial charge on any atom is 0.315 e. The number of rotatable bonds is 16. The molecule has 1 aliphatic carbocycles. The van der Waals surface area contributed by atoms with E-state index in [0.29, 0.717) is 18.3 Å². The molecule has 1 aromatic carbocycles. The van der Waals surface area contributed by atoms with E-state index in [1.165, 1.54) is 17.6 Å². The van der Waals surface area contributed by atoms with E-state index < -0.39 is 5.60 Å². The standard InChI is InChI=1S/C42H59N3O5S/c1-39(2)26-31-29-20-21-32-30(35(29)45(48)37(31)40(3,4)27-39)22-24-41(5,50-32)23-16-12-10-8-7-9-11-13-17-25-49-34(46)19-15-14-18-33-36-42(6,28-51-33)44-38(47)43-36/h12,16,20-22,24,26,33,36H,7-11,13-15,17-19,23,25,27-28H2,1-6H3,(H2,43,44,47)/b16-12+/t33-,36+,41?,42-/m0/s1. The number of nitrogens with zero attached hydrogens (tertiary/aromatic N) is 1. The molecule has 1 aromatic rings. The third-order valence-electron chi connectivity index (χ3n) is 11.3. The zero-order chi connectivity index (χ0) is 36.4. The van der Waals surface area contributed by atoms with Gasteiger partial charge in [0.1, 0.15) is 11.4 Å². The second-order valence-corrected chi connectivity index (χ2v) is 18.5. The first-order chi connectivity index (χ1) is 24.2. The van der Waals surface area contributed by atoms with E-state index in [4.69, 9.17) is 9.47 Å². The molecule has 9 heteroatoms. The number of thioether (sulfide) groups is 1. The Hall–Kier alpha value is -3.20. The number of amides is 2. The molecule has 2 amide bonds. The van der Waals surface area contributed by atoms with Crippen molar-refractivity contribution in [3.05, 3.63) is 52.8 Å². The number of unbranched alkanes of at least 4 members (excludes halogenated alkanes) is 7. The van der Waals surface area contributed by atoms with Crippen LogP contribution < -0.4 is 15.4 Å². The summed E-state index contributed by atoms with van der Waals surface area (Å²) in [5.74, 6) is 1.63. The zero-order valence-electron chi connectivity index (χ0n) is 31.7. The monoisotopic (exact) mass is 717 g/mol. The minimum atomic E-state index is -0.446. The second-order valence-electron chi connectivity index (χ2n) is 17.3. The molecule has 0 aromatic heterocycles. The number of benzene rings is 1. The Morgan fingerprint density at radius 3 is 2.61 bits per heavy atom. The summed E-state index contributed by atoms with van der Waals surface area (Å²) in [5, 5.41) is 20.3. The van der Waals surface area contributed by atoms with Gasteiger partial charge >= 0.3 is 12.0 Å². The van der Waals surface area contributed by atoms with Crippen molar-refractivity contribution >= 4 is 46.8 Å². The molecule has 51 heavy (non-hydrogen) atoms. The predicted octanol–water partition coefficient (Wildman–Crippen LogP) is 9.62. The summed E-state index contributed by atoms with van der Waals surface area (Å²) in [5.41, 5.74) is 3.83. The van der Waals surface area contributed by atoms with Crippen molar-refractivity contribution in [2.24, 2.45) is 10.8 Å². The number of nitrogens with one attached hydrogen (secondary N) is 2. The lowest BCUT2D eigenvalue weighted by molar-refractivity contribution is -0.361. The molecule has 5 aliphatic rings. The van der Waals surface area contributed by atoms with Crippen LogP contribution in [-0.4, -0.2) is 57.2 Å². The van der Waals surface area contributed by atoms with Crippen LogP contribution in [0.2, 0.25) is 0 Å². The van der Waals surface area contributed by atoms with Gasteiger partial charge in [-0.1, -0.05) is 64.2 Å². The van der Waals surface area contributed by atoms with Gasteiger partial charge in [-0.3, -0.25) is 4.79 Å². The molecule has 4 aliphatic heterocycles. The Morgan fingerprint density at radius 1 is 1.04 bits per heavy atom. The molecular weight excluding hydrogens is 659 g/mol. The minimum absolute atomic E-state index is 0.0343. The average Bonchev–Trinajstić information content (AvgIpc) is 3.63. The topological polar surface area (TPSA) is 103 Å². The number of esters is 1. The third kappa shape index (κ3) is 8.39. The summed E-state index contributed by atoms with van der Waals surface area (Å²) in [6.07, 6.45) is 23.8. The molecule has 4 atom stereocenters. The number of allylic oxidation sites excluding steroid dienone is 3. The van der Waals surface area contributed by atoms with E-state index in [0.717, 1.165) is 104 Å². The molecule has 0 saturated carbocycles. The molecule has 6 rings (SSSR count). The van der Waals surface area contributed by atoms with Gasteiger partial charge in [0.2, 0.25) is 11.4 Å². The highest BCUT2D eigenvalue weighted by Gasteiger charge is 2.52.